The molecular weight excluding hydrogens is 348 g/mol. The third kappa shape index (κ3) is 4.28. The third-order valence-corrected chi connectivity index (χ3v) is 5.00. The first-order valence-electron chi connectivity index (χ1n) is 7.05. The van der Waals surface area contributed by atoms with E-state index in [1.165, 1.54) is 0 Å². The zero-order valence-electron chi connectivity index (χ0n) is 12.8. The Labute approximate surface area is 138 Å². The molecule has 0 saturated carbocycles. The van der Waals surface area contributed by atoms with Crippen molar-refractivity contribution in [3.8, 4) is 5.75 Å². The molecule has 0 saturated heterocycles. The Morgan fingerprint density at radius 1 is 1.33 bits per heavy atom. The average Bonchev–Trinajstić information content (AvgIpc) is 2.93. The Morgan fingerprint density at radius 3 is 2.71 bits per heavy atom. The topological polar surface area (TPSA) is 34.1 Å². The lowest BCUT2D eigenvalue weighted by Gasteiger charge is -2.16. The van der Waals surface area contributed by atoms with E-state index < -0.39 is 0 Å². The van der Waals surface area contributed by atoms with Crippen molar-refractivity contribution in [2.45, 2.75) is 39.3 Å². The van der Waals surface area contributed by atoms with Crippen LogP contribution in [0, 0.1) is 0 Å². The van der Waals surface area contributed by atoms with Crippen LogP contribution in [-0.4, -0.2) is 12.0 Å². The minimum atomic E-state index is 0.245. The Morgan fingerprint density at radius 2 is 2.10 bits per heavy atom. The molecule has 1 atom stereocenters. The minimum absolute atomic E-state index is 0.245. The molecule has 0 amide bonds. The lowest BCUT2D eigenvalue weighted by atomic mass is 10.1. The maximum absolute atomic E-state index is 5.99. The molecule has 3 nitrogen and oxygen atoms in total. The monoisotopic (exact) mass is 368 g/mol. The van der Waals surface area contributed by atoms with Crippen molar-refractivity contribution in [2.24, 2.45) is 0 Å². The molecule has 1 aromatic carbocycles. The molecule has 5 heteroatoms. The van der Waals surface area contributed by atoms with Gasteiger partial charge in [-0.2, -0.15) is 0 Å². The summed E-state index contributed by atoms with van der Waals surface area (Å²) in [6.45, 7) is 6.94. The summed E-state index contributed by atoms with van der Waals surface area (Å²) >= 11 is 5.20. The summed E-state index contributed by atoms with van der Waals surface area (Å²) in [6.07, 6.45) is 0. The standard InChI is InChI=1S/C16H21BrN2OS/c1-10(2)16-19-13(9-21-16)8-20-15-7-12(17)5-6-14(15)11(3)18-4/h5-7,9-11,18H,8H2,1-4H3. The Bertz CT molecular complexity index is 598. The molecule has 1 aromatic heterocycles. The summed E-state index contributed by atoms with van der Waals surface area (Å²) in [5.74, 6) is 1.36. The smallest absolute Gasteiger partial charge is 0.131 e. The van der Waals surface area contributed by atoms with Crippen LogP contribution in [0.25, 0.3) is 0 Å². The van der Waals surface area contributed by atoms with Crippen LogP contribution in [0.2, 0.25) is 0 Å². The first-order valence-corrected chi connectivity index (χ1v) is 8.72. The van der Waals surface area contributed by atoms with E-state index in [0.29, 0.717) is 12.5 Å². The van der Waals surface area contributed by atoms with Gasteiger partial charge in [0.25, 0.3) is 0 Å². The van der Waals surface area contributed by atoms with E-state index >= 15 is 0 Å². The predicted octanol–water partition coefficient (Wildman–Crippen LogP) is 4.89. The highest BCUT2D eigenvalue weighted by atomic mass is 79.9. The van der Waals surface area contributed by atoms with Crippen LogP contribution < -0.4 is 10.1 Å². The fourth-order valence-corrected chi connectivity index (χ4v) is 3.11. The molecular formula is C16H21BrN2OS. The average molecular weight is 369 g/mol. The Kier molecular flexibility index (Phi) is 5.79. The Balaban J connectivity index is 2.13. The minimum Gasteiger partial charge on any atom is -0.487 e. The first kappa shape index (κ1) is 16.5. The van der Waals surface area contributed by atoms with Crippen LogP contribution in [0.4, 0.5) is 0 Å². The maximum Gasteiger partial charge on any atom is 0.131 e. The maximum atomic E-state index is 5.99. The zero-order chi connectivity index (χ0) is 15.4. The highest BCUT2D eigenvalue weighted by Gasteiger charge is 2.12. The van der Waals surface area contributed by atoms with Gasteiger partial charge in [-0.05, 0) is 26.1 Å². The van der Waals surface area contributed by atoms with E-state index in [1.807, 2.05) is 19.2 Å². The summed E-state index contributed by atoms with van der Waals surface area (Å²) in [5.41, 5.74) is 2.15. The summed E-state index contributed by atoms with van der Waals surface area (Å²) in [4.78, 5) is 4.61. The molecule has 2 rings (SSSR count). The van der Waals surface area contributed by atoms with Crippen LogP contribution >= 0.6 is 27.3 Å². The largest absolute Gasteiger partial charge is 0.487 e. The van der Waals surface area contributed by atoms with Gasteiger partial charge in [0.1, 0.15) is 12.4 Å². The van der Waals surface area contributed by atoms with E-state index in [1.54, 1.807) is 11.3 Å². The van der Waals surface area contributed by atoms with Gasteiger partial charge in [0, 0.05) is 27.4 Å². The molecule has 0 aliphatic heterocycles. The van der Waals surface area contributed by atoms with Crippen molar-refractivity contribution in [1.82, 2.24) is 10.3 Å². The molecule has 0 radical (unpaired) electrons. The number of nitrogens with one attached hydrogen (secondary N) is 1. The van der Waals surface area contributed by atoms with E-state index in [2.05, 4.69) is 58.4 Å². The number of hydrogen-bond acceptors (Lipinski definition) is 4. The molecule has 0 bridgehead atoms. The second kappa shape index (κ2) is 7.38. The van der Waals surface area contributed by atoms with Gasteiger partial charge >= 0.3 is 0 Å². The van der Waals surface area contributed by atoms with Crippen molar-refractivity contribution in [3.05, 3.63) is 44.3 Å². The lowest BCUT2D eigenvalue weighted by molar-refractivity contribution is 0.296. The van der Waals surface area contributed by atoms with E-state index in [9.17, 15) is 0 Å². The fourth-order valence-electron chi connectivity index (χ4n) is 1.95. The quantitative estimate of drug-likeness (QED) is 0.787. The number of ether oxygens (including phenoxy) is 1. The van der Waals surface area contributed by atoms with Crippen molar-refractivity contribution in [1.29, 1.82) is 0 Å². The van der Waals surface area contributed by atoms with Crippen molar-refractivity contribution in [3.63, 3.8) is 0 Å². The first-order chi connectivity index (χ1) is 10.0. The van der Waals surface area contributed by atoms with Gasteiger partial charge in [0.15, 0.2) is 0 Å². The van der Waals surface area contributed by atoms with Crippen LogP contribution in [0.1, 0.15) is 49.0 Å². The SMILES string of the molecule is CNC(C)c1ccc(Br)cc1OCc1csc(C(C)C)n1. The highest BCUT2D eigenvalue weighted by molar-refractivity contribution is 9.10. The van der Waals surface area contributed by atoms with Crippen LogP contribution in [0.15, 0.2) is 28.1 Å². The van der Waals surface area contributed by atoms with Gasteiger partial charge in [-0.3, -0.25) is 0 Å². The second-order valence-electron chi connectivity index (χ2n) is 5.31. The molecule has 1 heterocycles. The molecule has 1 N–H and O–H groups in total. The third-order valence-electron chi connectivity index (χ3n) is 3.31. The van der Waals surface area contributed by atoms with Gasteiger partial charge in [0.2, 0.25) is 0 Å². The number of nitrogens with zero attached hydrogens (tertiary/aromatic N) is 1. The number of thiazole rings is 1. The van der Waals surface area contributed by atoms with Crippen LogP contribution in [0.3, 0.4) is 0 Å². The van der Waals surface area contributed by atoms with Crippen molar-refractivity contribution >= 4 is 27.3 Å². The number of hydrogen-bond donors (Lipinski definition) is 1. The number of benzene rings is 1. The van der Waals surface area contributed by atoms with Crippen molar-refractivity contribution < 1.29 is 4.74 Å². The molecule has 0 spiro atoms. The number of aromatic nitrogens is 1. The Hall–Kier alpha value is -0.910. The summed E-state index contributed by atoms with van der Waals surface area (Å²) in [5, 5.41) is 6.49. The number of rotatable bonds is 6. The van der Waals surface area contributed by atoms with Crippen molar-refractivity contribution in [2.75, 3.05) is 7.05 Å². The van der Waals surface area contributed by atoms with Crippen LogP contribution in [0.5, 0.6) is 5.75 Å². The molecule has 0 fully saturated rings. The normalized spacial score (nSPS) is 12.7. The van der Waals surface area contributed by atoms with E-state index in [-0.39, 0.29) is 6.04 Å². The van der Waals surface area contributed by atoms with Gasteiger partial charge in [-0.15, -0.1) is 11.3 Å². The van der Waals surface area contributed by atoms with Gasteiger partial charge < -0.3 is 10.1 Å². The lowest BCUT2D eigenvalue weighted by Crippen LogP contribution is -2.13. The summed E-state index contributed by atoms with van der Waals surface area (Å²) in [6, 6.07) is 6.38. The van der Waals surface area contributed by atoms with Gasteiger partial charge in [-0.25, -0.2) is 4.98 Å². The highest BCUT2D eigenvalue weighted by Crippen LogP contribution is 2.29. The summed E-state index contributed by atoms with van der Waals surface area (Å²) < 4.78 is 7.01. The van der Waals surface area contributed by atoms with E-state index in [0.717, 1.165) is 26.5 Å². The fraction of sp³-hybridized carbons (Fsp3) is 0.438. The molecule has 114 valence electrons. The summed E-state index contributed by atoms with van der Waals surface area (Å²) in [7, 11) is 1.95. The molecule has 1 unspecified atom stereocenters. The molecule has 0 aliphatic carbocycles. The van der Waals surface area contributed by atoms with Gasteiger partial charge in [0.05, 0.1) is 10.7 Å². The molecule has 0 aliphatic rings. The van der Waals surface area contributed by atoms with Gasteiger partial charge in [-0.1, -0.05) is 35.8 Å². The number of halogens is 1. The zero-order valence-corrected chi connectivity index (χ0v) is 15.2. The molecule has 21 heavy (non-hydrogen) atoms. The van der Waals surface area contributed by atoms with E-state index in [4.69, 9.17) is 4.74 Å². The predicted molar refractivity (Wildman–Crippen MR) is 92.2 cm³/mol. The molecule has 2 aromatic rings. The second-order valence-corrected chi connectivity index (χ2v) is 7.12. The van der Waals surface area contributed by atoms with Crippen LogP contribution in [-0.2, 0) is 6.61 Å².